The normalized spacial score (nSPS) is 24.6. The largest absolute Gasteiger partial charge is 0.379 e. The van der Waals surface area contributed by atoms with Gasteiger partial charge in [-0.3, -0.25) is 14.6 Å². The Morgan fingerprint density at radius 2 is 2.05 bits per heavy atom. The Bertz CT molecular complexity index is 512. The zero-order chi connectivity index (χ0) is 15.5. The van der Waals surface area contributed by atoms with E-state index in [1.807, 2.05) is 28.9 Å². The van der Waals surface area contributed by atoms with Crippen molar-refractivity contribution < 1.29 is 9.53 Å². The summed E-state index contributed by atoms with van der Waals surface area (Å²) < 4.78 is 7.37. The quantitative estimate of drug-likeness (QED) is 0.758. The van der Waals surface area contributed by atoms with Gasteiger partial charge in [-0.15, -0.1) is 0 Å². The van der Waals surface area contributed by atoms with Crippen molar-refractivity contribution in [2.75, 3.05) is 59.5 Å². The molecule has 1 aromatic heterocycles. The number of nitrogens with zero attached hydrogens (tertiary/aromatic N) is 5. The summed E-state index contributed by atoms with van der Waals surface area (Å²) in [5, 5.41) is 0. The van der Waals surface area contributed by atoms with Gasteiger partial charge in [0.25, 0.3) is 0 Å². The molecular formula is C15H25N5O2. The van der Waals surface area contributed by atoms with Gasteiger partial charge in [-0.2, -0.15) is 0 Å². The van der Waals surface area contributed by atoms with Crippen molar-refractivity contribution in [3.05, 3.63) is 18.2 Å². The molecule has 0 N–H and O–H groups in total. The molecule has 0 bridgehead atoms. The van der Waals surface area contributed by atoms with Crippen molar-refractivity contribution in [1.29, 1.82) is 0 Å². The molecule has 2 aliphatic heterocycles. The summed E-state index contributed by atoms with van der Waals surface area (Å²) in [6, 6.07) is 0.169. The molecule has 122 valence electrons. The molecule has 1 amide bonds. The third kappa shape index (κ3) is 3.31. The Hall–Kier alpha value is -1.44. The van der Waals surface area contributed by atoms with Crippen molar-refractivity contribution in [1.82, 2.24) is 24.3 Å². The Balaban J connectivity index is 1.62. The molecule has 0 aliphatic carbocycles. The van der Waals surface area contributed by atoms with Crippen molar-refractivity contribution in [3.63, 3.8) is 0 Å². The third-order valence-electron chi connectivity index (χ3n) is 4.62. The number of aryl methyl sites for hydroxylation is 1. The van der Waals surface area contributed by atoms with Gasteiger partial charge in [-0.25, -0.2) is 4.98 Å². The monoisotopic (exact) mass is 307 g/mol. The van der Waals surface area contributed by atoms with Gasteiger partial charge in [-0.05, 0) is 7.05 Å². The van der Waals surface area contributed by atoms with E-state index in [9.17, 15) is 4.79 Å². The van der Waals surface area contributed by atoms with Crippen molar-refractivity contribution in [2.45, 2.75) is 6.04 Å². The van der Waals surface area contributed by atoms with Crippen LogP contribution in [-0.2, 0) is 16.6 Å². The van der Waals surface area contributed by atoms with E-state index in [1.165, 1.54) is 0 Å². The molecule has 2 aliphatic rings. The van der Waals surface area contributed by atoms with E-state index in [1.54, 1.807) is 0 Å². The molecule has 3 rings (SSSR count). The Morgan fingerprint density at radius 3 is 2.73 bits per heavy atom. The van der Waals surface area contributed by atoms with Crippen LogP contribution >= 0.6 is 0 Å². The molecule has 2 fully saturated rings. The molecule has 0 spiro atoms. The third-order valence-corrected chi connectivity index (χ3v) is 4.62. The fourth-order valence-corrected chi connectivity index (χ4v) is 3.13. The minimum absolute atomic E-state index is 0.169. The fraction of sp³-hybridized carbons (Fsp3) is 0.733. The summed E-state index contributed by atoms with van der Waals surface area (Å²) in [6.07, 6.45) is 3.77. The second-order valence-corrected chi connectivity index (χ2v) is 6.12. The van der Waals surface area contributed by atoms with Gasteiger partial charge in [0.1, 0.15) is 5.82 Å². The van der Waals surface area contributed by atoms with Crippen LogP contribution in [0, 0.1) is 0 Å². The first-order valence-electron chi connectivity index (χ1n) is 7.90. The first-order valence-corrected chi connectivity index (χ1v) is 7.90. The lowest BCUT2D eigenvalue weighted by molar-refractivity contribution is -0.136. The number of hydrogen-bond acceptors (Lipinski definition) is 5. The molecular weight excluding hydrogens is 282 g/mol. The van der Waals surface area contributed by atoms with E-state index in [2.05, 4.69) is 21.8 Å². The topological polar surface area (TPSA) is 53.8 Å². The molecule has 7 heteroatoms. The van der Waals surface area contributed by atoms with Gasteiger partial charge < -0.3 is 14.2 Å². The lowest BCUT2D eigenvalue weighted by atomic mass is 10.1. The van der Waals surface area contributed by atoms with Gasteiger partial charge in [-0.1, -0.05) is 0 Å². The standard InChI is InChI=1S/C15H25N5O2/c1-17-5-6-20(11-13(17)15-16-3-4-18(15)2)14(21)12-19-7-9-22-10-8-19/h3-4,13H,5-12H2,1-2H3. The highest BCUT2D eigenvalue weighted by atomic mass is 16.5. The summed E-state index contributed by atoms with van der Waals surface area (Å²) in [7, 11) is 4.10. The molecule has 0 radical (unpaired) electrons. The maximum atomic E-state index is 12.6. The summed E-state index contributed by atoms with van der Waals surface area (Å²) in [6.45, 7) is 6.04. The van der Waals surface area contributed by atoms with Crippen LogP contribution in [0.2, 0.25) is 0 Å². The molecule has 7 nitrogen and oxygen atoms in total. The van der Waals surface area contributed by atoms with Crippen molar-refractivity contribution in [2.24, 2.45) is 7.05 Å². The zero-order valence-electron chi connectivity index (χ0n) is 13.4. The number of aromatic nitrogens is 2. The zero-order valence-corrected chi connectivity index (χ0v) is 13.4. The number of hydrogen-bond donors (Lipinski definition) is 0. The minimum atomic E-state index is 0.169. The number of piperazine rings is 1. The Labute approximate surface area is 131 Å². The average molecular weight is 307 g/mol. The molecule has 1 aromatic rings. The number of imidazole rings is 1. The maximum Gasteiger partial charge on any atom is 0.236 e. The second kappa shape index (κ2) is 6.76. The molecule has 1 atom stereocenters. The Morgan fingerprint density at radius 1 is 1.27 bits per heavy atom. The maximum absolute atomic E-state index is 12.6. The summed E-state index contributed by atoms with van der Waals surface area (Å²) in [5.41, 5.74) is 0. The number of carbonyl (C=O) groups is 1. The van der Waals surface area contributed by atoms with E-state index in [0.717, 1.165) is 45.2 Å². The molecule has 22 heavy (non-hydrogen) atoms. The molecule has 2 saturated heterocycles. The fourth-order valence-electron chi connectivity index (χ4n) is 3.13. The predicted octanol–water partition coefficient (Wildman–Crippen LogP) is -0.433. The summed E-state index contributed by atoms with van der Waals surface area (Å²) in [5.74, 6) is 1.24. The van der Waals surface area contributed by atoms with E-state index in [0.29, 0.717) is 13.1 Å². The number of likely N-dealkylation sites (N-methyl/N-ethyl adjacent to an activating group) is 1. The second-order valence-electron chi connectivity index (χ2n) is 6.12. The molecule has 0 aromatic carbocycles. The SMILES string of the molecule is CN1CCN(C(=O)CN2CCOCC2)CC1c1nccn1C. The Kier molecular flexibility index (Phi) is 4.75. The van der Waals surface area contributed by atoms with Crippen LogP contribution in [-0.4, -0.2) is 89.7 Å². The van der Waals surface area contributed by atoms with Crippen LogP contribution in [0.15, 0.2) is 12.4 Å². The first kappa shape index (κ1) is 15.5. The highest BCUT2D eigenvalue weighted by Gasteiger charge is 2.31. The van der Waals surface area contributed by atoms with Gasteiger partial charge >= 0.3 is 0 Å². The van der Waals surface area contributed by atoms with Crippen LogP contribution in [0.3, 0.4) is 0 Å². The van der Waals surface area contributed by atoms with Crippen LogP contribution in [0.5, 0.6) is 0 Å². The highest BCUT2D eigenvalue weighted by Crippen LogP contribution is 2.22. The van der Waals surface area contributed by atoms with Gasteiger partial charge in [0.05, 0.1) is 25.8 Å². The van der Waals surface area contributed by atoms with Crippen LogP contribution < -0.4 is 0 Å². The number of carbonyl (C=O) groups excluding carboxylic acids is 1. The van der Waals surface area contributed by atoms with E-state index < -0.39 is 0 Å². The average Bonchev–Trinajstić information content (AvgIpc) is 2.94. The van der Waals surface area contributed by atoms with Crippen LogP contribution in [0.1, 0.15) is 11.9 Å². The lowest BCUT2D eigenvalue weighted by Crippen LogP contribution is -2.52. The number of rotatable bonds is 3. The molecule has 3 heterocycles. The van der Waals surface area contributed by atoms with Crippen LogP contribution in [0.25, 0.3) is 0 Å². The summed E-state index contributed by atoms with van der Waals surface area (Å²) >= 11 is 0. The van der Waals surface area contributed by atoms with Crippen LogP contribution in [0.4, 0.5) is 0 Å². The first-order chi connectivity index (χ1) is 10.6. The number of amides is 1. The van der Waals surface area contributed by atoms with Gasteiger partial charge in [0.15, 0.2) is 0 Å². The minimum Gasteiger partial charge on any atom is -0.379 e. The van der Waals surface area contributed by atoms with E-state index >= 15 is 0 Å². The van der Waals surface area contributed by atoms with Crippen molar-refractivity contribution in [3.8, 4) is 0 Å². The highest BCUT2D eigenvalue weighted by molar-refractivity contribution is 5.78. The lowest BCUT2D eigenvalue weighted by Gasteiger charge is -2.40. The predicted molar refractivity (Wildman–Crippen MR) is 82.4 cm³/mol. The van der Waals surface area contributed by atoms with Gasteiger partial charge in [0.2, 0.25) is 5.91 Å². The number of ether oxygens (including phenoxy) is 1. The van der Waals surface area contributed by atoms with Crippen molar-refractivity contribution >= 4 is 5.91 Å². The summed E-state index contributed by atoms with van der Waals surface area (Å²) in [4.78, 5) is 23.5. The molecule has 1 unspecified atom stereocenters. The molecule has 0 saturated carbocycles. The van der Waals surface area contributed by atoms with E-state index in [-0.39, 0.29) is 11.9 Å². The smallest absolute Gasteiger partial charge is 0.236 e. The van der Waals surface area contributed by atoms with E-state index in [4.69, 9.17) is 4.74 Å². The number of morpholine rings is 1. The van der Waals surface area contributed by atoms with Gasteiger partial charge in [0, 0.05) is 52.2 Å².